The Morgan fingerprint density at radius 1 is 1.35 bits per heavy atom. The van der Waals surface area contributed by atoms with E-state index in [1.807, 2.05) is 24.9 Å². The van der Waals surface area contributed by atoms with Crippen LogP contribution < -0.4 is 5.32 Å². The van der Waals surface area contributed by atoms with E-state index < -0.39 is 0 Å². The van der Waals surface area contributed by atoms with Crippen molar-refractivity contribution in [3.05, 3.63) is 23.9 Å². The Labute approximate surface area is 121 Å². The van der Waals surface area contributed by atoms with Crippen molar-refractivity contribution in [2.45, 2.75) is 51.5 Å². The van der Waals surface area contributed by atoms with Gasteiger partial charge in [0, 0.05) is 31.4 Å². The quantitative estimate of drug-likeness (QED) is 0.857. The molecule has 0 aromatic carbocycles. The monoisotopic (exact) mass is 275 g/mol. The minimum atomic E-state index is 0.110. The molecule has 1 aromatic heterocycles. The Hall–Kier alpha value is -1.58. The van der Waals surface area contributed by atoms with Crippen molar-refractivity contribution in [2.75, 3.05) is 18.9 Å². The van der Waals surface area contributed by atoms with Crippen molar-refractivity contribution in [1.82, 2.24) is 9.88 Å². The summed E-state index contributed by atoms with van der Waals surface area (Å²) in [6.45, 7) is 2.83. The zero-order valence-electron chi connectivity index (χ0n) is 12.6. The summed E-state index contributed by atoms with van der Waals surface area (Å²) in [6.07, 6.45) is 9.05. The number of carbonyl (C=O) groups is 1. The first-order chi connectivity index (χ1) is 9.72. The fourth-order valence-corrected chi connectivity index (χ4v) is 2.86. The van der Waals surface area contributed by atoms with Gasteiger partial charge in [0.1, 0.15) is 5.82 Å². The predicted octanol–water partition coefficient (Wildman–Crippen LogP) is 3.31. The number of carbonyl (C=O) groups excluding carboxylic acids is 1. The molecule has 0 atom stereocenters. The molecule has 0 aliphatic heterocycles. The molecule has 1 saturated carbocycles. The van der Waals surface area contributed by atoms with Gasteiger partial charge in [0.15, 0.2) is 0 Å². The van der Waals surface area contributed by atoms with Crippen molar-refractivity contribution >= 4 is 11.7 Å². The summed E-state index contributed by atoms with van der Waals surface area (Å²) < 4.78 is 0. The highest BCUT2D eigenvalue weighted by Gasteiger charge is 2.22. The average molecular weight is 275 g/mol. The molecule has 0 radical (unpaired) electrons. The SMILES string of the molecule is CCNc1cc(C(=O)N(C)C2CCCCCC2)ccn1. The lowest BCUT2D eigenvalue weighted by atomic mass is 10.1. The number of nitrogens with zero attached hydrogens (tertiary/aromatic N) is 2. The van der Waals surface area contributed by atoms with Gasteiger partial charge in [-0.3, -0.25) is 4.79 Å². The van der Waals surface area contributed by atoms with Gasteiger partial charge in [-0.25, -0.2) is 4.98 Å². The molecule has 4 heteroatoms. The van der Waals surface area contributed by atoms with Crippen molar-refractivity contribution < 1.29 is 4.79 Å². The summed E-state index contributed by atoms with van der Waals surface area (Å²) in [6, 6.07) is 4.04. The zero-order chi connectivity index (χ0) is 14.4. The highest BCUT2D eigenvalue weighted by molar-refractivity contribution is 5.94. The van der Waals surface area contributed by atoms with E-state index in [1.54, 1.807) is 12.3 Å². The van der Waals surface area contributed by atoms with Crippen LogP contribution in [0.4, 0.5) is 5.82 Å². The van der Waals surface area contributed by atoms with Gasteiger partial charge in [0.25, 0.3) is 5.91 Å². The van der Waals surface area contributed by atoms with Crippen LogP contribution in [0.1, 0.15) is 55.8 Å². The van der Waals surface area contributed by atoms with E-state index in [1.165, 1.54) is 25.7 Å². The van der Waals surface area contributed by atoms with Gasteiger partial charge in [0.2, 0.25) is 0 Å². The number of hydrogen-bond donors (Lipinski definition) is 1. The fourth-order valence-electron chi connectivity index (χ4n) is 2.86. The maximum atomic E-state index is 12.6. The summed E-state index contributed by atoms with van der Waals surface area (Å²) in [7, 11) is 1.94. The molecule has 1 amide bonds. The summed E-state index contributed by atoms with van der Waals surface area (Å²) >= 11 is 0. The van der Waals surface area contributed by atoms with Gasteiger partial charge in [-0.2, -0.15) is 0 Å². The lowest BCUT2D eigenvalue weighted by Crippen LogP contribution is -2.36. The molecule has 0 bridgehead atoms. The zero-order valence-corrected chi connectivity index (χ0v) is 12.6. The summed E-state index contributed by atoms with van der Waals surface area (Å²) in [5.41, 5.74) is 0.725. The highest BCUT2D eigenvalue weighted by Crippen LogP contribution is 2.22. The van der Waals surface area contributed by atoms with E-state index in [9.17, 15) is 4.79 Å². The van der Waals surface area contributed by atoms with E-state index in [0.717, 1.165) is 30.8 Å². The van der Waals surface area contributed by atoms with Crippen LogP contribution in [0.2, 0.25) is 0 Å². The van der Waals surface area contributed by atoms with Crippen LogP contribution in [-0.4, -0.2) is 35.4 Å². The van der Waals surface area contributed by atoms with Crippen LogP contribution in [-0.2, 0) is 0 Å². The molecule has 110 valence electrons. The predicted molar refractivity (Wildman–Crippen MR) is 82.0 cm³/mol. The minimum absolute atomic E-state index is 0.110. The number of aromatic nitrogens is 1. The third-order valence-corrected chi connectivity index (χ3v) is 4.06. The van der Waals surface area contributed by atoms with Crippen molar-refractivity contribution in [3.8, 4) is 0 Å². The molecule has 1 aliphatic carbocycles. The third kappa shape index (κ3) is 3.71. The molecule has 0 unspecified atom stereocenters. The normalized spacial score (nSPS) is 16.5. The standard InChI is InChI=1S/C16H25N3O/c1-3-17-15-12-13(10-11-18-15)16(20)19(2)14-8-6-4-5-7-9-14/h10-12,14H,3-9H2,1-2H3,(H,17,18). The van der Waals surface area contributed by atoms with E-state index in [2.05, 4.69) is 10.3 Å². The second-order valence-electron chi connectivity index (χ2n) is 5.52. The molecule has 1 heterocycles. The first-order valence-electron chi connectivity index (χ1n) is 7.69. The number of pyridine rings is 1. The molecule has 1 aromatic rings. The van der Waals surface area contributed by atoms with Gasteiger partial charge >= 0.3 is 0 Å². The second kappa shape index (κ2) is 7.27. The van der Waals surface area contributed by atoms with Gasteiger partial charge in [-0.15, -0.1) is 0 Å². The van der Waals surface area contributed by atoms with Gasteiger partial charge < -0.3 is 10.2 Å². The van der Waals surface area contributed by atoms with E-state index in [4.69, 9.17) is 0 Å². The molecule has 20 heavy (non-hydrogen) atoms. The molecular weight excluding hydrogens is 250 g/mol. The maximum absolute atomic E-state index is 12.6. The van der Waals surface area contributed by atoms with Crippen LogP contribution in [0.15, 0.2) is 18.3 Å². The number of hydrogen-bond acceptors (Lipinski definition) is 3. The maximum Gasteiger partial charge on any atom is 0.254 e. The second-order valence-corrected chi connectivity index (χ2v) is 5.52. The van der Waals surface area contributed by atoms with Gasteiger partial charge in [-0.1, -0.05) is 25.7 Å². The van der Waals surface area contributed by atoms with Crippen LogP contribution in [0.25, 0.3) is 0 Å². The smallest absolute Gasteiger partial charge is 0.254 e. The molecule has 1 N–H and O–H groups in total. The summed E-state index contributed by atoms with van der Waals surface area (Å²) in [5.74, 6) is 0.881. The van der Waals surface area contributed by atoms with Crippen molar-refractivity contribution in [2.24, 2.45) is 0 Å². The van der Waals surface area contributed by atoms with E-state index >= 15 is 0 Å². The Morgan fingerprint density at radius 2 is 2.05 bits per heavy atom. The van der Waals surface area contributed by atoms with E-state index in [-0.39, 0.29) is 5.91 Å². The minimum Gasteiger partial charge on any atom is -0.370 e. The fraction of sp³-hybridized carbons (Fsp3) is 0.625. The Morgan fingerprint density at radius 3 is 2.70 bits per heavy atom. The average Bonchev–Trinajstić information content (AvgIpc) is 2.75. The third-order valence-electron chi connectivity index (χ3n) is 4.06. The first-order valence-corrected chi connectivity index (χ1v) is 7.69. The van der Waals surface area contributed by atoms with E-state index in [0.29, 0.717) is 6.04 Å². The molecule has 2 rings (SSSR count). The number of rotatable bonds is 4. The molecular formula is C16H25N3O. The highest BCUT2D eigenvalue weighted by atomic mass is 16.2. The number of amides is 1. The molecule has 0 saturated heterocycles. The Kier molecular flexibility index (Phi) is 5.39. The molecule has 1 aliphatic rings. The number of nitrogens with one attached hydrogen (secondary N) is 1. The lowest BCUT2D eigenvalue weighted by molar-refractivity contribution is 0.0717. The van der Waals surface area contributed by atoms with Crippen LogP contribution in [0, 0.1) is 0 Å². The summed E-state index contributed by atoms with van der Waals surface area (Å²) in [4.78, 5) is 18.7. The Bertz CT molecular complexity index is 439. The number of anilines is 1. The first kappa shape index (κ1) is 14.8. The lowest BCUT2D eigenvalue weighted by Gasteiger charge is -2.27. The largest absolute Gasteiger partial charge is 0.370 e. The summed E-state index contributed by atoms with van der Waals surface area (Å²) in [5, 5.41) is 3.15. The molecule has 0 spiro atoms. The Balaban J connectivity index is 2.07. The molecule has 4 nitrogen and oxygen atoms in total. The molecule has 1 fully saturated rings. The van der Waals surface area contributed by atoms with Crippen molar-refractivity contribution in [3.63, 3.8) is 0 Å². The van der Waals surface area contributed by atoms with Crippen LogP contribution in [0.3, 0.4) is 0 Å². The van der Waals surface area contributed by atoms with Crippen LogP contribution >= 0.6 is 0 Å². The topological polar surface area (TPSA) is 45.2 Å². The van der Waals surface area contributed by atoms with Crippen molar-refractivity contribution in [1.29, 1.82) is 0 Å². The van der Waals surface area contributed by atoms with Crippen LogP contribution in [0.5, 0.6) is 0 Å². The van der Waals surface area contributed by atoms with Gasteiger partial charge in [0.05, 0.1) is 0 Å². The van der Waals surface area contributed by atoms with Gasteiger partial charge in [-0.05, 0) is 31.9 Å².